The second-order valence-electron chi connectivity index (χ2n) is 5.76. The van der Waals surface area contributed by atoms with Crippen molar-refractivity contribution in [3.05, 3.63) is 34.4 Å². The number of nitrogens with zero attached hydrogens (tertiary/aromatic N) is 1. The molecule has 1 amide bonds. The molecule has 2 aliphatic rings. The van der Waals surface area contributed by atoms with Gasteiger partial charge in [-0.1, -0.05) is 11.6 Å². The van der Waals surface area contributed by atoms with E-state index in [0.29, 0.717) is 17.7 Å². The predicted molar refractivity (Wildman–Crippen MR) is 81.0 cm³/mol. The number of rotatable bonds is 2. The topological polar surface area (TPSA) is 71.3 Å². The summed E-state index contributed by atoms with van der Waals surface area (Å²) in [6.45, 7) is -1.17. The molecule has 0 aliphatic carbocycles. The Morgan fingerprint density at radius 3 is 2.84 bits per heavy atom. The number of halogens is 4. The molecule has 0 unspecified atom stereocenters. The highest BCUT2D eigenvalue weighted by Gasteiger charge is 2.44. The average Bonchev–Trinajstić information content (AvgIpc) is 2.52. The van der Waals surface area contributed by atoms with Crippen LogP contribution in [0.4, 0.5) is 13.2 Å². The number of carbonyl (C=O) groups is 1. The van der Waals surface area contributed by atoms with Crippen LogP contribution in [-0.4, -0.2) is 25.3 Å². The molecule has 0 saturated carbocycles. The fraction of sp³-hybridized carbons (Fsp3) is 0.375. The van der Waals surface area contributed by atoms with Crippen LogP contribution in [0.15, 0.2) is 28.8 Å². The Morgan fingerprint density at radius 2 is 2.20 bits per heavy atom. The van der Waals surface area contributed by atoms with Crippen molar-refractivity contribution in [2.45, 2.75) is 24.6 Å². The second kappa shape index (κ2) is 6.15. The van der Waals surface area contributed by atoms with Gasteiger partial charge in [0.2, 0.25) is 0 Å². The van der Waals surface area contributed by atoms with E-state index in [1.807, 2.05) is 0 Å². The Kier molecular flexibility index (Phi) is 4.29. The van der Waals surface area contributed by atoms with Crippen molar-refractivity contribution < 1.29 is 27.4 Å². The standard InChI is InChI=1S/C16H12ClF3N2O3/c17-12-6-15(22-14(23)10(12)7-21)3-4-24-13-5-9(1-2-11(13)15)25-8-16(18,19)20/h1-2,5H,3-4,6,8H2,(H,22,23)/t15-/m0/s1. The number of hydrogen-bond donors (Lipinski definition) is 1. The monoisotopic (exact) mass is 372 g/mol. The predicted octanol–water partition coefficient (Wildman–Crippen LogP) is 3.14. The molecule has 0 bridgehead atoms. The number of carbonyl (C=O) groups excluding carboxylic acids is 1. The number of fused-ring (bicyclic) bond motifs is 2. The summed E-state index contributed by atoms with van der Waals surface area (Å²) in [7, 11) is 0. The molecule has 0 fully saturated rings. The van der Waals surface area contributed by atoms with Crippen LogP contribution < -0.4 is 14.8 Å². The van der Waals surface area contributed by atoms with Gasteiger partial charge in [-0.25, -0.2) is 0 Å². The molecule has 5 nitrogen and oxygen atoms in total. The van der Waals surface area contributed by atoms with Crippen LogP contribution in [0.1, 0.15) is 18.4 Å². The van der Waals surface area contributed by atoms with Crippen LogP contribution in [0.3, 0.4) is 0 Å². The third-order valence-corrected chi connectivity index (χ3v) is 4.40. The lowest BCUT2D eigenvalue weighted by Crippen LogP contribution is -2.51. The van der Waals surface area contributed by atoms with Crippen molar-refractivity contribution in [3.8, 4) is 17.6 Å². The molecular formula is C16H12ClF3N2O3. The SMILES string of the molecule is N#CC1=C(Cl)C[C@]2(CCOc3cc(OCC(F)(F)F)ccc32)NC1=O. The largest absolute Gasteiger partial charge is 0.493 e. The van der Waals surface area contributed by atoms with Crippen LogP contribution in [-0.2, 0) is 10.3 Å². The maximum Gasteiger partial charge on any atom is 0.422 e. The molecule has 1 aromatic rings. The van der Waals surface area contributed by atoms with Crippen molar-refractivity contribution in [2.24, 2.45) is 0 Å². The average molecular weight is 373 g/mol. The van der Waals surface area contributed by atoms with E-state index in [1.54, 1.807) is 12.1 Å². The van der Waals surface area contributed by atoms with Crippen molar-refractivity contribution in [1.82, 2.24) is 5.32 Å². The zero-order valence-electron chi connectivity index (χ0n) is 12.7. The molecule has 0 saturated heterocycles. The molecule has 1 spiro atoms. The highest BCUT2D eigenvalue weighted by atomic mass is 35.5. The van der Waals surface area contributed by atoms with E-state index in [0.717, 1.165) is 0 Å². The second-order valence-corrected chi connectivity index (χ2v) is 6.22. The number of alkyl halides is 3. The van der Waals surface area contributed by atoms with Gasteiger partial charge in [0, 0.05) is 29.5 Å². The Balaban J connectivity index is 1.92. The zero-order valence-corrected chi connectivity index (χ0v) is 13.5. The van der Waals surface area contributed by atoms with Crippen LogP contribution in [0.5, 0.6) is 11.5 Å². The summed E-state index contributed by atoms with van der Waals surface area (Å²) >= 11 is 6.10. The molecule has 3 rings (SSSR count). The van der Waals surface area contributed by atoms with Gasteiger partial charge in [0.25, 0.3) is 5.91 Å². The van der Waals surface area contributed by atoms with Crippen LogP contribution in [0, 0.1) is 11.3 Å². The number of amides is 1. The van der Waals surface area contributed by atoms with Gasteiger partial charge in [-0.15, -0.1) is 0 Å². The van der Waals surface area contributed by atoms with Gasteiger partial charge >= 0.3 is 6.18 Å². The minimum absolute atomic E-state index is 0.00890. The van der Waals surface area contributed by atoms with E-state index in [-0.39, 0.29) is 29.4 Å². The Hall–Kier alpha value is -2.40. The van der Waals surface area contributed by atoms with Crippen LogP contribution >= 0.6 is 11.6 Å². The Morgan fingerprint density at radius 1 is 1.44 bits per heavy atom. The van der Waals surface area contributed by atoms with E-state index in [1.165, 1.54) is 12.1 Å². The molecule has 0 radical (unpaired) electrons. The van der Waals surface area contributed by atoms with Crippen molar-refractivity contribution in [3.63, 3.8) is 0 Å². The summed E-state index contributed by atoms with van der Waals surface area (Å²) in [5.74, 6) is -0.255. The van der Waals surface area contributed by atoms with Crippen molar-refractivity contribution in [1.29, 1.82) is 5.26 Å². The van der Waals surface area contributed by atoms with Crippen molar-refractivity contribution >= 4 is 17.5 Å². The van der Waals surface area contributed by atoms with E-state index in [4.69, 9.17) is 26.3 Å². The molecule has 1 atom stereocenters. The minimum Gasteiger partial charge on any atom is -0.493 e. The first-order valence-corrected chi connectivity index (χ1v) is 7.70. The van der Waals surface area contributed by atoms with E-state index in [9.17, 15) is 18.0 Å². The van der Waals surface area contributed by atoms with Gasteiger partial charge in [-0.05, 0) is 12.1 Å². The molecule has 25 heavy (non-hydrogen) atoms. The summed E-state index contributed by atoms with van der Waals surface area (Å²) in [6.07, 6.45) is -3.81. The Labute approximate surface area is 146 Å². The first kappa shape index (κ1) is 17.4. The number of nitrogens with one attached hydrogen (secondary N) is 1. The lowest BCUT2D eigenvalue weighted by atomic mass is 9.79. The number of hydrogen-bond acceptors (Lipinski definition) is 4. The quantitative estimate of drug-likeness (QED) is 0.865. The number of nitriles is 1. The Bertz CT molecular complexity index is 801. The fourth-order valence-corrected chi connectivity index (χ4v) is 3.32. The van der Waals surface area contributed by atoms with Crippen LogP contribution in [0.2, 0.25) is 0 Å². The third-order valence-electron chi connectivity index (χ3n) is 4.08. The summed E-state index contributed by atoms with van der Waals surface area (Å²) in [5, 5.41) is 11.9. The summed E-state index contributed by atoms with van der Waals surface area (Å²) < 4.78 is 47.0. The number of ether oxygens (including phenoxy) is 2. The highest BCUT2D eigenvalue weighted by molar-refractivity contribution is 6.33. The molecule has 1 aromatic carbocycles. The molecule has 9 heteroatoms. The van der Waals surface area contributed by atoms with Gasteiger partial charge < -0.3 is 14.8 Å². The lowest BCUT2D eigenvalue weighted by molar-refractivity contribution is -0.153. The molecule has 2 heterocycles. The highest BCUT2D eigenvalue weighted by Crippen LogP contribution is 2.45. The molecule has 0 aromatic heterocycles. The molecular weight excluding hydrogens is 361 g/mol. The fourth-order valence-electron chi connectivity index (χ4n) is 2.97. The first-order chi connectivity index (χ1) is 11.7. The minimum atomic E-state index is -4.44. The van der Waals surface area contributed by atoms with Crippen molar-refractivity contribution in [2.75, 3.05) is 13.2 Å². The zero-order chi connectivity index (χ0) is 18.2. The first-order valence-electron chi connectivity index (χ1n) is 7.32. The normalized spacial score (nSPS) is 22.8. The van der Waals surface area contributed by atoms with Gasteiger partial charge in [-0.2, -0.15) is 18.4 Å². The van der Waals surface area contributed by atoms with Crippen LogP contribution in [0.25, 0.3) is 0 Å². The van der Waals surface area contributed by atoms with E-state index >= 15 is 0 Å². The molecule has 132 valence electrons. The van der Waals surface area contributed by atoms with E-state index in [2.05, 4.69) is 5.32 Å². The van der Waals surface area contributed by atoms with E-state index < -0.39 is 24.2 Å². The van der Waals surface area contributed by atoms with Gasteiger partial charge in [0.05, 0.1) is 12.1 Å². The maximum absolute atomic E-state index is 12.3. The lowest BCUT2D eigenvalue weighted by Gasteiger charge is -2.41. The van der Waals surface area contributed by atoms with Gasteiger partial charge in [0.15, 0.2) is 6.61 Å². The molecule has 1 N–H and O–H groups in total. The smallest absolute Gasteiger partial charge is 0.422 e. The third kappa shape index (κ3) is 3.37. The van der Waals surface area contributed by atoms with Gasteiger partial charge in [-0.3, -0.25) is 4.79 Å². The maximum atomic E-state index is 12.3. The summed E-state index contributed by atoms with van der Waals surface area (Å²) in [4.78, 5) is 12.1. The summed E-state index contributed by atoms with van der Waals surface area (Å²) in [5.41, 5.74) is -0.406. The number of benzene rings is 1. The van der Waals surface area contributed by atoms with Gasteiger partial charge in [0.1, 0.15) is 23.1 Å². The summed E-state index contributed by atoms with van der Waals surface area (Å²) in [6, 6.07) is 6.04. The molecule has 2 aliphatic heterocycles.